The second-order valence-electron chi connectivity index (χ2n) is 5.20. The zero-order valence-corrected chi connectivity index (χ0v) is 16.6. The van der Waals surface area contributed by atoms with Crippen molar-refractivity contribution < 1.29 is 4.92 Å². The number of hydrogen-bond acceptors (Lipinski definition) is 6. The first kappa shape index (κ1) is 17.8. The van der Waals surface area contributed by atoms with E-state index in [1.54, 1.807) is 23.9 Å². The van der Waals surface area contributed by atoms with E-state index < -0.39 is 0 Å². The minimum absolute atomic E-state index is 0.119. The van der Waals surface area contributed by atoms with Gasteiger partial charge in [-0.2, -0.15) is 0 Å². The summed E-state index contributed by atoms with van der Waals surface area (Å²) in [7, 11) is 0. The first-order chi connectivity index (χ1) is 11.4. The first-order valence-electron chi connectivity index (χ1n) is 7.20. The molecule has 24 heavy (non-hydrogen) atoms. The Kier molecular flexibility index (Phi) is 5.54. The van der Waals surface area contributed by atoms with Gasteiger partial charge in [0.25, 0.3) is 5.69 Å². The predicted octanol–water partition coefficient (Wildman–Crippen LogP) is 7.18. The quantitative estimate of drug-likeness (QED) is 0.400. The number of benzene rings is 1. The van der Waals surface area contributed by atoms with Gasteiger partial charge in [0, 0.05) is 21.9 Å². The summed E-state index contributed by atoms with van der Waals surface area (Å²) in [4.78, 5) is 15.6. The summed E-state index contributed by atoms with van der Waals surface area (Å²) in [6.45, 7) is 6.47. The molecule has 1 aromatic rings. The average Bonchev–Trinajstić information content (AvgIpc) is 3.09. The summed E-state index contributed by atoms with van der Waals surface area (Å²) in [5.74, 6) is 0. The molecule has 0 atom stereocenters. The highest BCUT2D eigenvalue weighted by atomic mass is 32.2. The van der Waals surface area contributed by atoms with E-state index in [0.717, 1.165) is 5.56 Å². The highest BCUT2D eigenvalue weighted by Gasteiger charge is 2.24. The number of allylic oxidation sites excluding steroid dienone is 4. The third-order valence-electron chi connectivity index (χ3n) is 3.48. The lowest BCUT2D eigenvalue weighted by atomic mass is 10.2. The number of rotatable bonds is 3. The molecule has 3 rings (SSSR count). The van der Waals surface area contributed by atoms with Gasteiger partial charge in [0.15, 0.2) is 0 Å². The van der Waals surface area contributed by atoms with Crippen LogP contribution in [-0.2, 0) is 0 Å². The molecule has 2 aliphatic rings. The summed E-state index contributed by atoms with van der Waals surface area (Å²) < 4.78 is 2.72. The normalized spacial score (nSPS) is 18.5. The molecule has 0 unspecified atom stereocenters. The van der Waals surface area contributed by atoms with Gasteiger partial charge < -0.3 is 0 Å². The molecule has 0 radical (unpaired) electrons. The van der Waals surface area contributed by atoms with Crippen LogP contribution in [0.15, 0.2) is 58.4 Å². The minimum Gasteiger partial charge on any atom is -0.258 e. The second kappa shape index (κ2) is 7.47. The van der Waals surface area contributed by atoms with Gasteiger partial charge in [-0.3, -0.25) is 10.1 Å². The number of hydrogen-bond donors (Lipinski definition) is 0. The van der Waals surface area contributed by atoms with Gasteiger partial charge in [0.1, 0.15) is 0 Å². The molecular formula is C17H15NO2S4. The molecule has 0 saturated carbocycles. The molecule has 3 nitrogen and oxygen atoms in total. The van der Waals surface area contributed by atoms with Crippen LogP contribution in [-0.4, -0.2) is 4.92 Å². The predicted molar refractivity (Wildman–Crippen MR) is 111 cm³/mol. The maximum atomic E-state index is 10.7. The minimum atomic E-state index is -0.378. The zero-order chi connectivity index (χ0) is 17.3. The van der Waals surface area contributed by atoms with Gasteiger partial charge in [-0.1, -0.05) is 53.1 Å². The van der Waals surface area contributed by atoms with E-state index in [0.29, 0.717) is 0 Å². The number of nitro benzene ring substituents is 1. The smallest absolute Gasteiger partial charge is 0.258 e. The van der Waals surface area contributed by atoms with E-state index >= 15 is 0 Å². The van der Waals surface area contributed by atoms with Gasteiger partial charge in [-0.05, 0) is 54.4 Å². The molecule has 124 valence electrons. The van der Waals surface area contributed by atoms with Crippen molar-refractivity contribution in [2.24, 2.45) is 0 Å². The van der Waals surface area contributed by atoms with Crippen molar-refractivity contribution in [2.75, 3.05) is 0 Å². The fraction of sp³-hybridized carbons (Fsp3) is 0.176. The van der Waals surface area contributed by atoms with Gasteiger partial charge in [0.05, 0.1) is 13.4 Å². The van der Waals surface area contributed by atoms with E-state index in [-0.39, 0.29) is 10.6 Å². The van der Waals surface area contributed by atoms with Crippen molar-refractivity contribution in [1.82, 2.24) is 0 Å². The SMILES string of the molecule is CC1=C(C)SC(=C2SC(C)=C(/C=C/c3ccc([N+](=O)[O-])cc3)S2)S1. The summed E-state index contributed by atoms with van der Waals surface area (Å²) in [6.07, 6.45) is 4.10. The van der Waals surface area contributed by atoms with E-state index in [9.17, 15) is 10.1 Å². The van der Waals surface area contributed by atoms with Crippen molar-refractivity contribution in [1.29, 1.82) is 0 Å². The van der Waals surface area contributed by atoms with Crippen molar-refractivity contribution >= 4 is 58.8 Å². The Labute approximate surface area is 158 Å². The van der Waals surface area contributed by atoms with Gasteiger partial charge in [-0.15, -0.1) is 0 Å². The summed E-state index contributed by atoms with van der Waals surface area (Å²) in [5.41, 5.74) is 1.08. The lowest BCUT2D eigenvalue weighted by Crippen LogP contribution is -1.86. The van der Waals surface area contributed by atoms with E-state index in [4.69, 9.17) is 0 Å². The lowest BCUT2D eigenvalue weighted by molar-refractivity contribution is -0.384. The van der Waals surface area contributed by atoms with Crippen LogP contribution in [0.4, 0.5) is 5.69 Å². The topological polar surface area (TPSA) is 43.1 Å². The van der Waals surface area contributed by atoms with Crippen molar-refractivity contribution in [2.45, 2.75) is 20.8 Å². The lowest BCUT2D eigenvalue weighted by Gasteiger charge is -2.01. The van der Waals surface area contributed by atoms with Crippen LogP contribution in [0.1, 0.15) is 26.3 Å². The van der Waals surface area contributed by atoms with Crippen molar-refractivity contribution in [3.05, 3.63) is 74.1 Å². The molecule has 0 aromatic heterocycles. The molecule has 0 fully saturated rings. The highest BCUT2D eigenvalue weighted by Crippen LogP contribution is 2.59. The highest BCUT2D eigenvalue weighted by molar-refractivity contribution is 8.34. The second-order valence-corrected chi connectivity index (χ2v) is 10.4. The monoisotopic (exact) mass is 393 g/mol. The zero-order valence-electron chi connectivity index (χ0n) is 13.4. The molecule has 0 spiro atoms. The number of nitrogens with zero attached hydrogens (tertiary/aromatic N) is 1. The molecule has 0 N–H and O–H groups in total. The van der Waals surface area contributed by atoms with Gasteiger partial charge in [-0.25, -0.2) is 0 Å². The van der Waals surface area contributed by atoms with Crippen LogP contribution in [0.5, 0.6) is 0 Å². The fourth-order valence-corrected chi connectivity index (χ4v) is 7.35. The van der Waals surface area contributed by atoms with E-state index in [1.807, 2.05) is 41.4 Å². The largest absolute Gasteiger partial charge is 0.269 e. The molecular weight excluding hydrogens is 378 g/mol. The summed E-state index contributed by atoms with van der Waals surface area (Å²) in [6, 6.07) is 6.62. The van der Waals surface area contributed by atoms with Crippen LogP contribution < -0.4 is 0 Å². The molecule has 0 aliphatic carbocycles. The Balaban J connectivity index is 1.71. The summed E-state index contributed by atoms with van der Waals surface area (Å²) >= 11 is 7.36. The van der Waals surface area contributed by atoms with Crippen LogP contribution in [0, 0.1) is 10.1 Å². The molecule has 2 heterocycles. The van der Waals surface area contributed by atoms with Crippen molar-refractivity contribution in [3.63, 3.8) is 0 Å². The Hall–Kier alpha value is -1.02. The molecule has 0 saturated heterocycles. The number of non-ortho nitro benzene ring substituents is 1. The third-order valence-corrected chi connectivity index (χ3v) is 9.23. The fourth-order valence-electron chi connectivity index (χ4n) is 2.02. The van der Waals surface area contributed by atoms with Crippen LogP contribution in [0.2, 0.25) is 0 Å². The Morgan fingerprint density at radius 2 is 1.38 bits per heavy atom. The first-order valence-corrected chi connectivity index (χ1v) is 10.5. The van der Waals surface area contributed by atoms with Crippen LogP contribution in [0.25, 0.3) is 6.08 Å². The van der Waals surface area contributed by atoms with E-state index in [2.05, 4.69) is 26.8 Å². The molecule has 2 aliphatic heterocycles. The Morgan fingerprint density at radius 3 is 1.96 bits per heavy atom. The molecule has 1 aromatic carbocycles. The maximum Gasteiger partial charge on any atom is 0.269 e. The number of nitro groups is 1. The van der Waals surface area contributed by atoms with E-state index in [1.165, 1.54) is 40.2 Å². The molecule has 0 bridgehead atoms. The standard InChI is InChI=1S/C17H15NO2S4/c1-10-11(2)22-16(21-10)17-23-12(3)15(24-17)9-6-13-4-7-14(8-5-13)18(19)20/h4-9H,1-3H3/b9-6+. The van der Waals surface area contributed by atoms with Gasteiger partial charge in [0.2, 0.25) is 0 Å². The van der Waals surface area contributed by atoms with Crippen LogP contribution >= 0.6 is 47.0 Å². The Bertz CT molecular complexity index is 803. The third kappa shape index (κ3) is 3.96. The number of thioether (sulfide) groups is 4. The van der Waals surface area contributed by atoms with Gasteiger partial charge >= 0.3 is 0 Å². The molecule has 7 heteroatoms. The maximum absolute atomic E-state index is 10.7. The van der Waals surface area contributed by atoms with Crippen LogP contribution in [0.3, 0.4) is 0 Å². The van der Waals surface area contributed by atoms with Crippen molar-refractivity contribution in [3.8, 4) is 0 Å². The summed E-state index contributed by atoms with van der Waals surface area (Å²) in [5, 5.41) is 10.7. The molecule has 0 amide bonds. The average molecular weight is 394 g/mol. The Morgan fingerprint density at radius 1 is 0.833 bits per heavy atom.